The lowest BCUT2D eigenvalue weighted by atomic mass is 10.2. The summed E-state index contributed by atoms with van der Waals surface area (Å²) in [5.41, 5.74) is 1.86. The highest BCUT2D eigenvalue weighted by Crippen LogP contribution is 2.37. The number of rotatable bonds is 8. The van der Waals surface area contributed by atoms with Gasteiger partial charge in [0.15, 0.2) is 11.5 Å². The number of thiophene rings is 1. The van der Waals surface area contributed by atoms with Gasteiger partial charge >= 0.3 is 0 Å². The molecule has 0 aliphatic carbocycles. The number of hydrogen-bond donors (Lipinski definition) is 1. The monoisotopic (exact) mass is 426 g/mol. The Labute approximate surface area is 173 Å². The number of benzene rings is 2. The molecule has 0 bridgehead atoms. The summed E-state index contributed by atoms with van der Waals surface area (Å²) in [4.78, 5) is 1.28. The molecule has 1 heterocycles. The zero-order chi connectivity index (χ0) is 18.4. The largest absolute Gasteiger partial charge is 1.00 e. The maximum atomic E-state index is 13.0. The molecule has 0 radical (unpaired) electrons. The standard InChI is InChI=1S/C20H19ClFNO2S.ClH/c1-24-19-10-15(11-23-12-17-3-2-8-26-17)9-18(21)20(19)25-13-14-4-6-16(22)7-5-14;/h2-10,23H,11-13H2,1H3;1H/p-1. The van der Waals surface area contributed by atoms with Crippen molar-refractivity contribution in [1.82, 2.24) is 5.32 Å². The van der Waals surface area contributed by atoms with Crippen LogP contribution in [0.15, 0.2) is 53.9 Å². The lowest BCUT2D eigenvalue weighted by Crippen LogP contribution is -3.00. The van der Waals surface area contributed by atoms with Crippen molar-refractivity contribution in [2.75, 3.05) is 7.11 Å². The summed E-state index contributed by atoms with van der Waals surface area (Å²) < 4.78 is 24.2. The molecule has 0 unspecified atom stereocenters. The first-order chi connectivity index (χ1) is 12.7. The van der Waals surface area contributed by atoms with Gasteiger partial charge in [-0.2, -0.15) is 0 Å². The molecule has 7 heteroatoms. The fourth-order valence-corrected chi connectivity index (χ4v) is 3.46. The normalized spacial score (nSPS) is 10.3. The summed E-state index contributed by atoms with van der Waals surface area (Å²) in [6.07, 6.45) is 0. The molecular weight excluding hydrogens is 408 g/mol. The average Bonchev–Trinajstić information content (AvgIpc) is 3.15. The van der Waals surface area contributed by atoms with Crippen LogP contribution in [0.5, 0.6) is 11.5 Å². The van der Waals surface area contributed by atoms with E-state index in [0.717, 1.165) is 17.7 Å². The summed E-state index contributed by atoms with van der Waals surface area (Å²) in [7, 11) is 1.58. The molecule has 1 aromatic heterocycles. The van der Waals surface area contributed by atoms with Gasteiger partial charge in [-0.05, 0) is 46.8 Å². The van der Waals surface area contributed by atoms with Crippen LogP contribution in [0.25, 0.3) is 0 Å². The van der Waals surface area contributed by atoms with E-state index in [1.165, 1.54) is 17.0 Å². The fraction of sp³-hybridized carbons (Fsp3) is 0.200. The number of methoxy groups -OCH3 is 1. The highest BCUT2D eigenvalue weighted by molar-refractivity contribution is 7.09. The summed E-state index contributed by atoms with van der Waals surface area (Å²) in [5.74, 6) is 0.789. The molecule has 0 atom stereocenters. The molecule has 0 spiro atoms. The van der Waals surface area contributed by atoms with Gasteiger partial charge in [-0.15, -0.1) is 11.3 Å². The summed E-state index contributed by atoms with van der Waals surface area (Å²) in [6, 6.07) is 14.1. The first-order valence-corrected chi connectivity index (χ1v) is 9.38. The van der Waals surface area contributed by atoms with Gasteiger partial charge < -0.3 is 27.2 Å². The predicted octanol–water partition coefficient (Wildman–Crippen LogP) is 2.42. The Morgan fingerprint density at radius 2 is 1.85 bits per heavy atom. The molecule has 3 rings (SSSR count). The third-order valence-electron chi connectivity index (χ3n) is 3.79. The second-order valence-electron chi connectivity index (χ2n) is 5.71. The minimum Gasteiger partial charge on any atom is -1.00 e. The van der Waals surface area contributed by atoms with Gasteiger partial charge in [-0.1, -0.05) is 29.8 Å². The SMILES string of the molecule is COc1cc(CNCc2cccs2)cc(Cl)c1OCc1ccc(F)cc1.[Cl-]. The maximum Gasteiger partial charge on any atom is 0.180 e. The fourth-order valence-electron chi connectivity index (χ4n) is 2.49. The minimum atomic E-state index is -0.274. The van der Waals surface area contributed by atoms with E-state index in [-0.39, 0.29) is 24.8 Å². The molecule has 27 heavy (non-hydrogen) atoms. The predicted molar refractivity (Wildman–Crippen MR) is 104 cm³/mol. The van der Waals surface area contributed by atoms with Crippen LogP contribution >= 0.6 is 22.9 Å². The number of hydrogen-bond acceptors (Lipinski definition) is 4. The van der Waals surface area contributed by atoms with E-state index >= 15 is 0 Å². The Hall–Kier alpha value is -1.79. The van der Waals surface area contributed by atoms with Crippen molar-refractivity contribution in [2.45, 2.75) is 19.7 Å². The smallest absolute Gasteiger partial charge is 0.180 e. The van der Waals surface area contributed by atoms with E-state index in [1.807, 2.05) is 18.2 Å². The third-order valence-corrected chi connectivity index (χ3v) is 4.95. The van der Waals surface area contributed by atoms with Gasteiger partial charge in [-0.25, -0.2) is 4.39 Å². The van der Waals surface area contributed by atoms with Crippen molar-refractivity contribution in [3.63, 3.8) is 0 Å². The zero-order valence-corrected chi connectivity index (χ0v) is 17.0. The summed E-state index contributed by atoms with van der Waals surface area (Å²) in [6.45, 7) is 1.76. The van der Waals surface area contributed by atoms with E-state index in [2.05, 4.69) is 16.8 Å². The molecule has 2 aromatic carbocycles. The molecule has 3 nitrogen and oxygen atoms in total. The average molecular weight is 427 g/mol. The molecule has 1 N–H and O–H groups in total. The Kier molecular flexibility index (Phi) is 8.38. The Morgan fingerprint density at radius 1 is 1.07 bits per heavy atom. The molecular formula is C20H19Cl2FNO2S-. The van der Waals surface area contributed by atoms with E-state index in [0.29, 0.717) is 23.1 Å². The number of ether oxygens (including phenoxy) is 2. The van der Waals surface area contributed by atoms with Gasteiger partial charge in [0.05, 0.1) is 12.1 Å². The van der Waals surface area contributed by atoms with Gasteiger partial charge in [0.1, 0.15) is 12.4 Å². The van der Waals surface area contributed by atoms with Crippen molar-refractivity contribution in [3.8, 4) is 11.5 Å². The van der Waals surface area contributed by atoms with Crippen LogP contribution in [0.4, 0.5) is 4.39 Å². The first-order valence-electron chi connectivity index (χ1n) is 8.12. The van der Waals surface area contributed by atoms with E-state index in [9.17, 15) is 4.39 Å². The first kappa shape index (κ1) is 21.5. The van der Waals surface area contributed by atoms with E-state index < -0.39 is 0 Å². The van der Waals surface area contributed by atoms with Crippen molar-refractivity contribution in [2.24, 2.45) is 0 Å². The highest BCUT2D eigenvalue weighted by atomic mass is 35.5. The van der Waals surface area contributed by atoms with E-state index in [1.54, 1.807) is 30.6 Å². The quantitative estimate of drug-likeness (QED) is 0.599. The third kappa shape index (κ3) is 6.11. The van der Waals surface area contributed by atoms with Crippen LogP contribution in [0.2, 0.25) is 5.02 Å². The molecule has 0 amide bonds. The molecule has 144 valence electrons. The van der Waals surface area contributed by atoms with Gasteiger partial charge in [0, 0.05) is 18.0 Å². The van der Waals surface area contributed by atoms with Gasteiger partial charge in [0.25, 0.3) is 0 Å². The van der Waals surface area contributed by atoms with Crippen molar-refractivity contribution in [3.05, 3.63) is 80.8 Å². The van der Waals surface area contributed by atoms with E-state index in [4.69, 9.17) is 21.1 Å². The van der Waals surface area contributed by atoms with Crippen LogP contribution in [0.3, 0.4) is 0 Å². The zero-order valence-electron chi connectivity index (χ0n) is 14.7. The molecule has 0 saturated heterocycles. The Balaban J connectivity index is 0.00000261. The minimum absolute atomic E-state index is 0. The topological polar surface area (TPSA) is 30.5 Å². The summed E-state index contributed by atoms with van der Waals surface area (Å²) >= 11 is 8.11. The van der Waals surface area contributed by atoms with Crippen molar-refractivity contribution >= 4 is 22.9 Å². The molecule has 0 saturated carbocycles. The molecule has 3 aromatic rings. The van der Waals surface area contributed by atoms with Crippen molar-refractivity contribution in [1.29, 1.82) is 0 Å². The molecule has 0 fully saturated rings. The highest BCUT2D eigenvalue weighted by Gasteiger charge is 2.12. The van der Waals surface area contributed by atoms with Crippen LogP contribution < -0.4 is 27.2 Å². The lowest BCUT2D eigenvalue weighted by Gasteiger charge is -2.14. The maximum absolute atomic E-state index is 13.0. The van der Waals surface area contributed by atoms with Gasteiger partial charge in [0.2, 0.25) is 0 Å². The van der Waals surface area contributed by atoms with Crippen LogP contribution in [0.1, 0.15) is 16.0 Å². The van der Waals surface area contributed by atoms with Crippen LogP contribution in [-0.2, 0) is 19.7 Å². The van der Waals surface area contributed by atoms with Crippen LogP contribution in [-0.4, -0.2) is 7.11 Å². The number of halogens is 3. The summed E-state index contributed by atoms with van der Waals surface area (Å²) in [5, 5.41) is 5.93. The molecule has 0 aliphatic rings. The molecule has 0 aliphatic heterocycles. The lowest BCUT2D eigenvalue weighted by molar-refractivity contribution is -0.00000626. The van der Waals surface area contributed by atoms with Gasteiger partial charge in [-0.3, -0.25) is 0 Å². The van der Waals surface area contributed by atoms with Crippen molar-refractivity contribution < 1.29 is 26.3 Å². The van der Waals surface area contributed by atoms with Crippen LogP contribution in [0, 0.1) is 5.82 Å². The Morgan fingerprint density at radius 3 is 2.52 bits per heavy atom. The second kappa shape index (κ2) is 10.5. The Bertz CT molecular complexity index is 842. The second-order valence-corrected chi connectivity index (χ2v) is 7.15. The number of nitrogens with one attached hydrogen (secondary N) is 1.